The van der Waals surface area contributed by atoms with E-state index in [1.807, 2.05) is 12.3 Å². The number of fused-ring (bicyclic) bond motifs is 3. The average molecular weight is 384 g/mol. The van der Waals surface area contributed by atoms with Gasteiger partial charge in [-0.15, -0.1) is 0 Å². The second-order valence-electron chi connectivity index (χ2n) is 8.86. The van der Waals surface area contributed by atoms with E-state index in [0.717, 1.165) is 49.3 Å². The highest BCUT2D eigenvalue weighted by Crippen LogP contribution is 2.36. The number of imidazole rings is 1. The molecule has 5 heteroatoms. The number of aryl methyl sites for hydroxylation is 2. The van der Waals surface area contributed by atoms with E-state index in [9.17, 15) is 0 Å². The maximum absolute atomic E-state index is 6.33. The summed E-state index contributed by atoms with van der Waals surface area (Å²) in [6, 6.07) is 8.36. The minimum absolute atomic E-state index is 0.273. The Bertz CT molecular complexity index is 924. The summed E-state index contributed by atoms with van der Waals surface area (Å²) < 4.78 is 8.73. The van der Waals surface area contributed by atoms with Gasteiger partial charge < -0.3 is 8.99 Å². The van der Waals surface area contributed by atoms with E-state index in [4.69, 9.17) is 9.41 Å². The lowest BCUT2D eigenvalue weighted by Crippen LogP contribution is -2.40. The maximum Gasteiger partial charge on any atom is 0.191 e. The van der Waals surface area contributed by atoms with Crippen molar-refractivity contribution in [1.82, 2.24) is 14.5 Å². The zero-order valence-electron chi connectivity index (χ0n) is 17.7. The van der Waals surface area contributed by atoms with Crippen molar-refractivity contribution in [1.29, 1.82) is 0 Å². The highest BCUT2D eigenvalue weighted by atomic mass is 28.4. The molecule has 0 fully saturated rings. The summed E-state index contributed by atoms with van der Waals surface area (Å²) in [6.45, 7) is 15.5. The highest BCUT2D eigenvalue weighted by Gasteiger charge is 2.36. The molecule has 0 aliphatic heterocycles. The summed E-state index contributed by atoms with van der Waals surface area (Å²) in [4.78, 5) is 9.39. The van der Waals surface area contributed by atoms with Crippen molar-refractivity contribution < 1.29 is 4.43 Å². The van der Waals surface area contributed by atoms with Gasteiger partial charge in [-0.2, -0.15) is 0 Å². The van der Waals surface area contributed by atoms with E-state index in [1.54, 1.807) is 0 Å². The molecule has 0 aliphatic rings. The Morgan fingerprint density at radius 1 is 1.07 bits per heavy atom. The van der Waals surface area contributed by atoms with Crippen molar-refractivity contribution in [3.05, 3.63) is 36.3 Å². The standard InChI is InChI=1S/C22H33N3OSi/c1-7-20-24-19-16-23-18-13-9-8-12-17(18)21(19)25(20)14-10-11-15-26-27(5,6)22(2,3)4/h8-9,12-13,16H,7,10-11,14-15H2,1-6H3. The van der Waals surface area contributed by atoms with Gasteiger partial charge in [0.2, 0.25) is 0 Å². The molecule has 0 N–H and O–H groups in total. The number of benzene rings is 1. The molecule has 2 aromatic heterocycles. The maximum atomic E-state index is 6.33. The number of nitrogens with zero attached hydrogens (tertiary/aromatic N) is 3. The molecule has 0 saturated carbocycles. The quantitative estimate of drug-likeness (QED) is 0.374. The zero-order valence-corrected chi connectivity index (χ0v) is 18.7. The Balaban J connectivity index is 1.74. The summed E-state index contributed by atoms with van der Waals surface area (Å²) in [5.41, 5.74) is 3.26. The van der Waals surface area contributed by atoms with Crippen LogP contribution in [-0.4, -0.2) is 29.5 Å². The van der Waals surface area contributed by atoms with Crippen LogP contribution in [0.1, 0.15) is 46.4 Å². The van der Waals surface area contributed by atoms with Gasteiger partial charge >= 0.3 is 0 Å². The molecule has 3 aromatic rings. The largest absolute Gasteiger partial charge is 0.417 e. The van der Waals surface area contributed by atoms with E-state index >= 15 is 0 Å². The van der Waals surface area contributed by atoms with Crippen LogP contribution in [-0.2, 0) is 17.4 Å². The third-order valence-electron chi connectivity index (χ3n) is 5.92. The molecule has 1 aromatic carbocycles. The molecule has 0 atom stereocenters. The van der Waals surface area contributed by atoms with Crippen LogP contribution < -0.4 is 0 Å². The Labute approximate surface area is 164 Å². The summed E-state index contributed by atoms with van der Waals surface area (Å²) in [5, 5.41) is 1.47. The van der Waals surface area contributed by atoms with Crippen molar-refractivity contribution in [2.45, 2.75) is 71.6 Å². The lowest BCUT2D eigenvalue weighted by Gasteiger charge is -2.36. The summed E-state index contributed by atoms with van der Waals surface area (Å²) in [6.07, 6.45) is 5.03. The first kappa shape index (κ1) is 20.0. The monoisotopic (exact) mass is 383 g/mol. The molecule has 0 aliphatic carbocycles. The molecule has 3 rings (SSSR count). The number of para-hydroxylation sites is 1. The van der Waals surface area contributed by atoms with Crippen LogP contribution in [0.4, 0.5) is 0 Å². The second-order valence-corrected chi connectivity index (χ2v) is 13.7. The molecule has 0 amide bonds. The number of rotatable bonds is 7. The third kappa shape index (κ3) is 4.09. The molecule has 27 heavy (non-hydrogen) atoms. The fourth-order valence-electron chi connectivity index (χ4n) is 3.24. The SMILES string of the molecule is CCc1nc2cnc3ccccc3c2n1CCCCO[Si](C)(C)C(C)(C)C. The van der Waals surface area contributed by atoms with Crippen LogP contribution in [0, 0.1) is 0 Å². The van der Waals surface area contributed by atoms with E-state index in [1.165, 1.54) is 10.9 Å². The Hall–Kier alpha value is -1.72. The molecule has 2 heterocycles. The number of unbranched alkanes of at least 4 members (excludes halogenated alkanes) is 1. The van der Waals surface area contributed by atoms with E-state index in [2.05, 4.69) is 68.5 Å². The first-order valence-corrected chi connectivity index (χ1v) is 13.0. The Kier molecular flexibility index (Phi) is 5.73. The van der Waals surface area contributed by atoms with E-state index in [0.29, 0.717) is 0 Å². The lowest BCUT2D eigenvalue weighted by atomic mass is 10.2. The van der Waals surface area contributed by atoms with Crippen molar-refractivity contribution >= 4 is 30.3 Å². The van der Waals surface area contributed by atoms with Crippen LogP contribution in [0.15, 0.2) is 30.5 Å². The van der Waals surface area contributed by atoms with Gasteiger partial charge in [-0.3, -0.25) is 4.98 Å². The normalized spacial score (nSPS) is 13.0. The highest BCUT2D eigenvalue weighted by molar-refractivity contribution is 6.74. The van der Waals surface area contributed by atoms with Crippen molar-refractivity contribution in [2.75, 3.05) is 6.61 Å². The van der Waals surface area contributed by atoms with Gasteiger partial charge in [0.15, 0.2) is 8.32 Å². The van der Waals surface area contributed by atoms with Crippen molar-refractivity contribution in [2.24, 2.45) is 0 Å². The number of hydrogen-bond donors (Lipinski definition) is 0. The predicted molar refractivity (Wildman–Crippen MR) is 117 cm³/mol. The predicted octanol–water partition coefficient (Wildman–Crippen LogP) is 5.95. The molecule has 4 nitrogen and oxygen atoms in total. The first-order chi connectivity index (χ1) is 12.7. The van der Waals surface area contributed by atoms with Crippen LogP contribution >= 0.6 is 0 Å². The van der Waals surface area contributed by atoms with Gasteiger partial charge in [0.1, 0.15) is 11.3 Å². The second kappa shape index (κ2) is 7.72. The molecule has 0 saturated heterocycles. The fourth-order valence-corrected chi connectivity index (χ4v) is 4.32. The summed E-state index contributed by atoms with van der Waals surface area (Å²) >= 11 is 0. The van der Waals surface area contributed by atoms with Gasteiger partial charge in [0.05, 0.1) is 17.2 Å². The van der Waals surface area contributed by atoms with Gasteiger partial charge in [-0.1, -0.05) is 45.9 Å². The number of pyridine rings is 1. The van der Waals surface area contributed by atoms with Crippen LogP contribution in [0.2, 0.25) is 18.1 Å². The Morgan fingerprint density at radius 3 is 2.52 bits per heavy atom. The Morgan fingerprint density at radius 2 is 1.81 bits per heavy atom. The van der Waals surface area contributed by atoms with Crippen LogP contribution in [0.25, 0.3) is 21.9 Å². The van der Waals surface area contributed by atoms with Crippen LogP contribution in [0.5, 0.6) is 0 Å². The molecule has 0 radical (unpaired) electrons. The summed E-state index contributed by atoms with van der Waals surface area (Å²) in [5.74, 6) is 1.15. The number of hydrogen-bond acceptors (Lipinski definition) is 3. The third-order valence-corrected chi connectivity index (χ3v) is 10.5. The minimum Gasteiger partial charge on any atom is -0.417 e. The van der Waals surface area contributed by atoms with Gasteiger partial charge in [-0.05, 0) is 37.0 Å². The average Bonchev–Trinajstić information content (AvgIpc) is 2.98. The van der Waals surface area contributed by atoms with Crippen molar-refractivity contribution in [3.8, 4) is 0 Å². The topological polar surface area (TPSA) is 39.9 Å². The van der Waals surface area contributed by atoms with Gasteiger partial charge in [-0.25, -0.2) is 4.98 Å². The minimum atomic E-state index is -1.65. The molecule has 0 spiro atoms. The molecule has 0 unspecified atom stereocenters. The van der Waals surface area contributed by atoms with Crippen molar-refractivity contribution in [3.63, 3.8) is 0 Å². The molecule has 146 valence electrons. The summed E-state index contributed by atoms with van der Waals surface area (Å²) in [7, 11) is -1.65. The van der Waals surface area contributed by atoms with Gasteiger partial charge in [0.25, 0.3) is 0 Å². The zero-order chi connectivity index (χ0) is 19.7. The van der Waals surface area contributed by atoms with Gasteiger partial charge in [0, 0.05) is 25.0 Å². The molecular formula is C22H33N3OSi. The van der Waals surface area contributed by atoms with E-state index < -0.39 is 8.32 Å². The first-order valence-electron chi connectivity index (χ1n) is 10.1. The molecule has 0 bridgehead atoms. The smallest absolute Gasteiger partial charge is 0.191 e. The lowest BCUT2D eigenvalue weighted by molar-refractivity contribution is 0.276. The van der Waals surface area contributed by atoms with Crippen LogP contribution in [0.3, 0.4) is 0 Å². The fraction of sp³-hybridized carbons (Fsp3) is 0.545. The molecular weight excluding hydrogens is 350 g/mol. The van der Waals surface area contributed by atoms with E-state index in [-0.39, 0.29) is 5.04 Å². The number of aromatic nitrogens is 3.